The maximum atomic E-state index is 12.6. The van der Waals surface area contributed by atoms with Gasteiger partial charge in [0.05, 0.1) is 5.69 Å². The zero-order valence-electron chi connectivity index (χ0n) is 16.7. The van der Waals surface area contributed by atoms with Crippen molar-refractivity contribution < 1.29 is 9.53 Å². The first-order valence-corrected chi connectivity index (χ1v) is 10.2. The van der Waals surface area contributed by atoms with E-state index in [-0.39, 0.29) is 18.6 Å². The summed E-state index contributed by atoms with van der Waals surface area (Å²) in [7, 11) is 0. The van der Waals surface area contributed by atoms with Crippen LogP contribution < -0.4 is 20.7 Å². The molecule has 1 fully saturated rings. The molecule has 10 heteroatoms. The highest BCUT2D eigenvalue weighted by Gasteiger charge is 2.24. The minimum atomic E-state index is -0.152. The third-order valence-corrected chi connectivity index (χ3v) is 5.04. The molecule has 2 amide bonds. The van der Waals surface area contributed by atoms with Crippen molar-refractivity contribution in [3.8, 4) is 5.75 Å². The molecule has 1 aromatic carbocycles. The molecule has 1 aliphatic heterocycles. The van der Waals surface area contributed by atoms with Gasteiger partial charge in [0.2, 0.25) is 5.95 Å². The number of benzene rings is 1. The quantitative estimate of drug-likeness (QED) is 0.628. The molecule has 0 bridgehead atoms. The van der Waals surface area contributed by atoms with Crippen LogP contribution in [0.1, 0.15) is 5.69 Å². The molecule has 0 saturated carbocycles. The van der Waals surface area contributed by atoms with Gasteiger partial charge in [-0.2, -0.15) is 0 Å². The van der Waals surface area contributed by atoms with Crippen LogP contribution in [0.2, 0.25) is 5.02 Å². The lowest BCUT2D eigenvalue weighted by Gasteiger charge is -2.35. The van der Waals surface area contributed by atoms with Crippen LogP contribution in [-0.4, -0.2) is 52.1 Å². The van der Waals surface area contributed by atoms with Crippen molar-refractivity contribution in [1.29, 1.82) is 0 Å². The molecular weight excluding hydrogens is 418 g/mol. The zero-order valence-corrected chi connectivity index (χ0v) is 17.5. The zero-order chi connectivity index (χ0) is 21.6. The number of urea groups is 1. The summed E-state index contributed by atoms with van der Waals surface area (Å²) in [5, 5.41) is 3.46. The molecule has 3 N–H and O–H groups in total. The first-order valence-electron chi connectivity index (χ1n) is 9.80. The van der Waals surface area contributed by atoms with Gasteiger partial charge in [-0.15, -0.1) is 0 Å². The van der Waals surface area contributed by atoms with Gasteiger partial charge in [-0.25, -0.2) is 19.7 Å². The first kappa shape index (κ1) is 20.7. The number of nitrogens with zero attached hydrogens (tertiary/aromatic N) is 5. The number of piperazine rings is 1. The van der Waals surface area contributed by atoms with Crippen LogP contribution in [0.25, 0.3) is 0 Å². The first-order chi connectivity index (χ1) is 15.1. The molecule has 0 aliphatic carbocycles. The van der Waals surface area contributed by atoms with E-state index in [4.69, 9.17) is 22.1 Å². The molecule has 0 unspecified atom stereocenters. The molecule has 31 heavy (non-hydrogen) atoms. The van der Waals surface area contributed by atoms with E-state index in [1.54, 1.807) is 41.6 Å². The predicted octanol–water partition coefficient (Wildman–Crippen LogP) is 3.04. The van der Waals surface area contributed by atoms with Crippen LogP contribution in [0.4, 0.5) is 22.2 Å². The molecule has 3 heterocycles. The van der Waals surface area contributed by atoms with E-state index in [9.17, 15) is 4.79 Å². The standard InChI is InChI=1S/C21H22ClN7O2/c22-15-3-1-4-16(13-15)27-21(30)29-11-9-28(10-12-29)19-18(5-2-7-24-19)31-14-17-6-8-25-20(23)26-17/h1-8,13H,9-12,14H2,(H,27,30)(H2,23,25,26). The lowest BCUT2D eigenvalue weighted by atomic mass is 10.3. The van der Waals surface area contributed by atoms with E-state index < -0.39 is 0 Å². The minimum absolute atomic E-state index is 0.152. The maximum absolute atomic E-state index is 12.6. The normalized spacial score (nSPS) is 13.7. The molecule has 9 nitrogen and oxygen atoms in total. The second-order valence-electron chi connectivity index (χ2n) is 6.93. The Labute approximate surface area is 184 Å². The van der Waals surface area contributed by atoms with E-state index in [0.717, 1.165) is 5.82 Å². The number of carbonyl (C=O) groups excluding carboxylic acids is 1. The van der Waals surface area contributed by atoms with E-state index in [0.29, 0.717) is 48.3 Å². The van der Waals surface area contributed by atoms with Crippen LogP contribution in [-0.2, 0) is 6.61 Å². The molecule has 0 atom stereocenters. The molecule has 1 saturated heterocycles. The average molecular weight is 440 g/mol. The van der Waals surface area contributed by atoms with Crippen LogP contribution in [0, 0.1) is 0 Å². The number of hydrogen-bond acceptors (Lipinski definition) is 7. The van der Waals surface area contributed by atoms with Crippen LogP contribution in [0.15, 0.2) is 54.9 Å². The Morgan fingerprint density at radius 1 is 1.10 bits per heavy atom. The molecular formula is C21H22ClN7O2. The molecule has 1 aliphatic rings. The van der Waals surface area contributed by atoms with E-state index >= 15 is 0 Å². The van der Waals surface area contributed by atoms with Crippen molar-refractivity contribution in [1.82, 2.24) is 19.9 Å². The lowest BCUT2D eigenvalue weighted by molar-refractivity contribution is 0.208. The largest absolute Gasteiger partial charge is 0.483 e. The number of nitrogens with one attached hydrogen (secondary N) is 1. The fourth-order valence-corrected chi connectivity index (χ4v) is 3.46. The summed E-state index contributed by atoms with van der Waals surface area (Å²) >= 11 is 5.98. The molecule has 3 aromatic rings. The minimum Gasteiger partial charge on any atom is -0.483 e. The van der Waals surface area contributed by atoms with Crippen molar-refractivity contribution in [2.75, 3.05) is 42.1 Å². The molecule has 160 valence electrons. The third kappa shape index (κ3) is 5.32. The summed E-state index contributed by atoms with van der Waals surface area (Å²) in [6, 6.07) is 12.4. The number of amides is 2. The molecule has 0 radical (unpaired) electrons. The van der Waals surface area contributed by atoms with Gasteiger partial charge in [0, 0.05) is 49.3 Å². The number of ether oxygens (including phenoxy) is 1. The van der Waals surface area contributed by atoms with E-state index in [2.05, 4.69) is 25.2 Å². The number of anilines is 3. The average Bonchev–Trinajstić information content (AvgIpc) is 2.78. The van der Waals surface area contributed by atoms with Gasteiger partial charge in [0.1, 0.15) is 6.61 Å². The Bertz CT molecular complexity index is 1060. The maximum Gasteiger partial charge on any atom is 0.321 e. The Hall–Kier alpha value is -3.59. The highest BCUT2D eigenvalue weighted by Crippen LogP contribution is 2.27. The summed E-state index contributed by atoms with van der Waals surface area (Å²) in [5.41, 5.74) is 6.98. The van der Waals surface area contributed by atoms with Crippen molar-refractivity contribution in [3.63, 3.8) is 0 Å². The number of hydrogen-bond donors (Lipinski definition) is 2. The van der Waals surface area contributed by atoms with Crippen molar-refractivity contribution >= 4 is 35.1 Å². The van der Waals surface area contributed by atoms with Gasteiger partial charge in [0.25, 0.3) is 0 Å². The van der Waals surface area contributed by atoms with Crippen LogP contribution in [0.3, 0.4) is 0 Å². The van der Waals surface area contributed by atoms with Crippen molar-refractivity contribution in [3.05, 3.63) is 65.6 Å². The third-order valence-electron chi connectivity index (χ3n) is 4.80. The Kier molecular flexibility index (Phi) is 6.32. The van der Waals surface area contributed by atoms with E-state index in [1.165, 1.54) is 0 Å². The number of rotatable bonds is 5. The number of carbonyl (C=O) groups is 1. The molecule has 2 aromatic heterocycles. The summed E-state index contributed by atoms with van der Waals surface area (Å²) in [6.07, 6.45) is 3.32. The fourth-order valence-electron chi connectivity index (χ4n) is 3.27. The van der Waals surface area contributed by atoms with Gasteiger partial charge in [-0.1, -0.05) is 17.7 Å². The topological polar surface area (TPSA) is 109 Å². The van der Waals surface area contributed by atoms with Gasteiger partial charge in [-0.05, 0) is 36.4 Å². The number of aromatic nitrogens is 3. The van der Waals surface area contributed by atoms with Crippen molar-refractivity contribution in [2.45, 2.75) is 6.61 Å². The number of nitrogens with two attached hydrogens (primary N) is 1. The van der Waals surface area contributed by atoms with Gasteiger partial charge in [-0.3, -0.25) is 0 Å². The smallest absolute Gasteiger partial charge is 0.321 e. The predicted molar refractivity (Wildman–Crippen MR) is 119 cm³/mol. The second kappa shape index (κ2) is 9.48. The summed E-state index contributed by atoms with van der Waals surface area (Å²) in [4.78, 5) is 29.0. The van der Waals surface area contributed by atoms with Crippen LogP contribution >= 0.6 is 11.6 Å². The Morgan fingerprint density at radius 2 is 1.94 bits per heavy atom. The lowest BCUT2D eigenvalue weighted by Crippen LogP contribution is -2.50. The Balaban J connectivity index is 1.36. The summed E-state index contributed by atoms with van der Waals surface area (Å²) < 4.78 is 5.94. The van der Waals surface area contributed by atoms with Gasteiger partial charge >= 0.3 is 6.03 Å². The molecule has 0 spiro atoms. The summed E-state index contributed by atoms with van der Waals surface area (Å²) in [5.74, 6) is 1.59. The molecule has 4 rings (SSSR count). The number of pyridine rings is 1. The van der Waals surface area contributed by atoms with E-state index in [1.807, 2.05) is 18.2 Å². The highest BCUT2D eigenvalue weighted by atomic mass is 35.5. The summed E-state index contributed by atoms with van der Waals surface area (Å²) in [6.45, 7) is 2.65. The fraction of sp³-hybridized carbons (Fsp3) is 0.238. The van der Waals surface area contributed by atoms with Crippen LogP contribution in [0.5, 0.6) is 5.75 Å². The highest BCUT2D eigenvalue weighted by molar-refractivity contribution is 6.30. The number of halogens is 1. The van der Waals surface area contributed by atoms with Gasteiger partial charge in [0.15, 0.2) is 11.6 Å². The number of nitrogen functional groups attached to an aromatic ring is 1. The Morgan fingerprint density at radius 3 is 2.71 bits per heavy atom. The monoisotopic (exact) mass is 439 g/mol. The van der Waals surface area contributed by atoms with Gasteiger partial charge < -0.3 is 25.6 Å². The van der Waals surface area contributed by atoms with Crippen molar-refractivity contribution in [2.24, 2.45) is 0 Å². The second-order valence-corrected chi connectivity index (χ2v) is 7.37. The SMILES string of the molecule is Nc1nccc(COc2cccnc2N2CCN(C(=O)Nc3cccc(Cl)c3)CC2)n1.